The number of ether oxygens (including phenoxy) is 1. The van der Waals surface area contributed by atoms with Crippen LogP contribution in [0.1, 0.15) is 44.5 Å². The summed E-state index contributed by atoms with van der Waals surface area (Å²) in [6.45, 7) is 5.16. The highest BCUT2D eigenvalue weighted by Crippen LogP contribution is 2.38. The normalized spacial score (nSPS) is 19.6. The fraction of sp³-hybridized carbons (Fsp3) is 0.786. The average Bonchev–Trinajstić information content (AvgIpc) is 2.70. The number of hydrogen-bond donors (Lipinski definition) is 1. The van der Waals surface area contributed by atoms with Crippen molar-refractivity contribution < 1.29 is 4.74 Å². The Hall–Kier alpha value is -0.870. The van der Waals surface area contributed by atoms with Gasteiger partial charge in [0.15, 0.2) is 0 Å². The first-order valence-electron chi connectivity index (χ1n) is 7.01. The van der Waals surface area contributed by atoms with Crippen LogP contribution in [0.25, 0.3) is 0 Å². The van der Waals surface area contributed by atoms with E-state index >= 15 is 0 Å². The molecule has 1 unspecified atom stereocenters. The molecule has 2 rings (SSSR count). The molecule has 2 N–H and O–H groups in total. The number of nitrogens with zero attached hydrogens (tertiary/aromatic N) is 2. The van der Waals surface area contributed by atoms with Crippen LogP contribution in [-0.4, -0.2) is 28.5 Å². The van der Waals surface area contributed by atoms with Crippen molar-refractivity contribution in [3.8, 4) is 0 Å². The Morgan fingerprint density at radius 1 is 1.50 bits per heavy atom. The molecule has 1 atom stereocenters. The predicted octanol–water partition coefficient (Wildman–Crippen LogP) is 1.90. The highest BCUT2D eigenvalue weighted by molar-refractivity contribution is 5.14. The van der Waals surface area contributed by atoms with Gasteiger partial charge >= 0.3 is 0 Å². The third-order valence-electron chi connectivity index (χ3n) is 4.29. The minimum absolute atomic E-state index is 0.0722. The zero-order valence-electron chi connectivity index (χ0n) is 11.8. The number of methoxy groups -OCH3 is 1. The maximum absolute atomic E-state index is 6.36. The van der Waals surface area contributed by atoms with Gasteiger partial charge in [-0.2, -0.15) is 5.10 Å². The van der Waals surface area contributed by atoms with E-state index in [2.05, 4.69) is 29.7 Å². The second-order valence-corrected chi connectivity index (χ2v) is 5.23. The number of hydrogen-bond acceptors (Lipinski definition) is 3. The van der Waals surface area contributed by atoms with Gasteiger partial charge in [0.1, 0.15) is 0 Å². The highest BCUT2D eigenvalue weighted by atomic mass is 16.5. The van der Waals surface area contributed by atoms with Crippen molar-refractivity contribution in [2.24, 2.45) is 5.73 Å². The molecule has 1 aliphatic carbocycles. The Morgan fingerprint density at radius 3 is 2.67 bits per heavy atom. The third kappa shape index (κ3) is 2.31. The Balaban J connectivity index is 2.10. The van der Waals surface area contributed by atoms with E-state index in [0.29, 0.717) is 0 Å². The van der Waals surface area contributed by atoms with Gasteiger partial charge in [-0.05, 0) is 38.7 Å². The fourth-order valence-electron chi connectivity index (χ4n) is 2.79. The first-order valence-corrected chi connectivity index (χ1v) is 7.01. The lowest BCUT2D eigenvalue weighted by Gasteiger charge is -2.45. The van der Waals surface area contributed by atoms with E-state index in [-0.39, 0.29) is 11.6 Å². The Bertz CT molecular complexity index is 390. The first-order chi connectivity index (χ1) is 8.65. The van der Waals surface area contributed by atoms with E-state index in [9.17, 15) is 0 Å². The molecule has 0 spiro atoms. The SMILES string of the molecule is CCc1cc(CC(N)C2(OC)CCC2)n(CC)n1. The summed E-state index contributed by atoms with van der Waals surface area (Å²) in [5.41, 5.74) is 8.67. The summed E-state index contributed by atoms with van der Waals surface area (Å²) in [4.78, 5) is 0. The summed E-state index contributed by atoms with van der Waals surface area (Å²) in [6.07, 6.45) is 5.24. The zero-order chi connectivity index (χ0) is 13.2. The van der Waals surface area contributed by atoms with E-state index < -0.39 is 0 Å². The molecular weight excluding hydrogens is 226 g/mol. The van der Waals surface area contributed by atoms with E-state index in [1.807, 2.05) is 0 Å². The Labute approximate surface area is 110 Å². The first kappa shape index (κ1) is 13.6. The highest BCUT2D eigenvalue weighted by Gasteiger charge is 2.42. The van der Waals surface area contributed by atoms with E-state index in [1.54, 1.807) is 7.11 Å². The van der Waals surface area contributed by atoms with Crippen LogP contribution in [-0.2, 0) is 24.1 Å². The van der Waals surface area contributed by atoms with Crippen molar-refractivity contribution in [2.75, 3.05) is 7.11 Å². The molecule has 18 heavy (non-hydrogen) atoms. The number of nitrogens with two attached hydrogens (primary N) is 1. The van der Waals surface area contributed by atoms with Crippen LogP contribution in [0.2, 0.25) is 0 Å². The molecule has 4 nitrogen and oxygen atoms in total. The summed E-state index contributed by atoms with van der Waals surface area (Å²) in [5.74, 6) is 0. The maximum atomic E-state index is 6.36. The van der Waals surface area contributed by atoms with Crippen LogP contribution in [0.3, 0.4) is 0 Å². The Morgan fingerprint density at radius 2 is 2.22 bits per heavy atom. The topological polar surface area (TPSA) is 53.1 Å². The van der Waals surface area contributed by atoms with Gasteiger partial charge < -0.3 is 10.5 Å². The molecule has 0 amide bonds. The van der Waals surface area contributed by atoms with Crippen LogP contribution in [0.4, 0.5) is 0 Å². The molecule has 1 aromatic rings. The van der Waals surface area contributed by atoms with Gasteiger partial charge in [-0.3, -0.25) is 4.68 Å². The Kier molecular flexibility index (Phi) is 4.07. The molecule has 0 bridgehead atoms. The van der Waals surface area contributed by atoms with Crippen LogP contribution in [0.15, 0.2) is 6.07 Å². The lowest BCUT2D eigenvalue weighted by Crippen LogP contribution is -2.55. The van der Waals surface area contributed by atoms with Crippen LogP contribution in [0, 0.1) is 0 Å². The van der Waals surface area contributed by atoms with Crippen molar-refractivity contribution in [1.82, 2.24) is 9.78 Å². The van der Waals surface area contributed by atoms with Gasteiger partial charge in [-0.25, -0.2) is 0 Å². The lowest BCUT2D eigenvalue weighted by molar-refractivity contribution is -0.0900. The summed E-state index contributed by atoms with van der Waals surface area (Å²) < 4.78 is 7.73. The molecule has 1 aliphatic rings. The number of aromatic nitrogens is 2. The monoisotopic (exact) mass is 251 g/mol. The standard InChI is InChI=1S/C14H25N3O/c1-4-11-9-12(17(5-2)16-11)10-13(15)14(18-3)7-6-8-14/h9,13H,4-8,10,15H2,1-3H3. The number of aryl methyl sites for hydroxylation is 2. The molecule has 4 heteroatoms. The van der Waals surface area contributed by atoms with Gasteiger partial charge in [0.05, 0.1) is 11.3 Å². The van der Waals surface area contributed by atoms with Gasteiger partial charge in [-0.15, -0.1) is 0 Å². The van der Waals surface area contributed by atoms with Crippen LogP contribution < -0.4 is 5.73 Å². The van der Waals surface area contributed by atoms with E-state index in [0.717, 1.165) is 37.9 Å². The second-order valence-electron chi connectivity index (χ2n) is 5.23. The molecule has 0 saturated heterocycles. The van der Waals surface area contributed by atoms with Crippen molar-refractivity contribution in [2.45, 2.75) is 64.1 Å². The fourth-order valence-corrected chi connectivity index (χ4v) is 2.79. The molecule has 1 heterocycles. The number of rotatable bonds is 6. The average molecular weight is 251 g/mol. The van der Waals surface area contributed by atoms with Gasteiger partial charge in [0.25, 0.3) is 0 Å². The molecule has 102 valence electrons. The zero-order valence-corrected chi connectivity index (χ0v) is 11.8. The van der Waals surface area contributed by atoms with Gasteiger partial charge in [0, 0.05) is 31.8 Å². The van der Waals surface area contributed by atoms with Crippen molar-refractivity contribution in [1.29, 1.82) is 0 Å². The third-order valence-corrected chi connectivity index (χ3v) is 4.29. The predicted molar refractivity (Wildman–Crippen MR) is 72.5 cm³/mol. The summed E-state index contributed by atoms with van der Waals surface area (Å²) >= 11 is 0. The van der Waals surface area contributed by atoms with Crippen molar-refractivity contribution in [3.05, 3.63) is 17.5 Å². The van der Waals surface area contributed by atoms with Gasteiger partial charge in [-0.1, -0.05) is 6.92 Å². The summed E-state index contributed by atoms with van der Waals surface area (Å²) in [7, 11) is 1.79. The molecule has 0 aromatic carbocycles. The molecule has 0 radical (unpaired) electrons. The summed E-state index contributed by atoms with van der Waals surface area (Å²) in [6, 6.07) is 2.26. The maximum Gasteiger partial charge on any atom is 0.0832 e. The quantitative estimate of drug-likeness (QED) is 0.840. The van der Waals surface area contributed by atoms with Crippen LogP contribution in [0.5, 0.6) is 0 Å². The molecule has 1 fully saturated rings. The van der Waals surface area contributed by atoms with Gasteiger partial charge in [0.2, 0.25) is 0 Å². The second kappa shape index (κ2) is 5.41. The van der Waals surface area contributed by atoms with Crippen molar-refractivity contribution >= 4 is 0 Å². The van der Waals surface area contributed by atoms with Crippen LogP contribution >= 0.6 is 0 Å². The largest absolute Gasteiger partial charge is 0.377 e. The van der Waals surface area contributed by atoms with Crippen molar-refractivity contribution in [3.63, 3.8) is 0 Å². The minimum atomic E-state index is -0.0881. The smallest absolute Gasteiger partial charge is 0.0832 e. The molecule has 0 aliphatic heterocycles. The van der Waals surface area contributed by atoms with E-state index in [4.69, 9.17) is 10.5 Å². The minimum Gasteiger partial charge on any atom is -0.377 e. The molecular formula is C14H25N3O. The molecule has 1 aromatic heterocycles. The van der Waals surface area contributed by atoms with E-state index in [1.165, 1.54) is 12.1 Å². The molecule has 1 saturated carbocycles. The summed E-state index contributed by atoms with van der Waals surface area (Å²) in [5, 5.41) is 4.57. The lowest BCUT2D eigenvalue weighted by atomic mass is 9.73.